The van der Waals surface area contributed by atoms with Gasteiger partial charge in [-0.15, -0.1) is 0 Å². The fourth-order valence-electron chi connectivity index (χ4n) is 2.82. The molecule has 128 valence electrons. The van der Waals surface area contributed by atoms with Crippen molar-refractivity contribution in [1.29, 1.82) is 0 Å². The number of para-hydroxylation sites is 1. The Bertz CT molecular complexity index is 969. The van der Waals surface area contributed by atoms with Gasteiger partial charge in [-0.1, -0.05) is 24.3 Å². The van der Waals surface area contributed by atoms with Crippen molar-refractivity contribution < 1.29 is 9.18 Å². The van der Waals surface area contributed by atoms with E-state index in [-0.39, 0.29) is 12.1 Å². The molecule has 0 spiro atoms. The van der Waals surface area contributed by atoms with Gasteiger partial charge in [-0.05, 0) is 36.9 Å². The lowest BCUT2D eigenvalue weighted by Crippen LogP contribution is -2.35. The van der Waals surface area contributed by atoms with Gasteiger partial charge in [-0.3, -0.25) is 14.5 Å². The number of fused-ring (bicyclic) bond motifs is 1. The summed E-state index contributed by atoms with van der Waals surface area (Å²) in [6.07, 6.45) is 0. The fraction of sp³-hybridized carbons (Fsp3) is 0.167. The van der Waals surface area contributed by atoms with E-state index in [1.807, 2.05) is 0 Å². The molecule has 6 nitrogen and oxygen atoms in total. The van der Waals surface area contributed by atoms with Gasteiger partial charge in [0.1, 0.15) is 17.7 Å². The van der Waals surface area contributed by atoms with Crippen LogP contribution >= 0.6 is 0 Å². The van der Waals surface area contributed by atoms with E-state index in [2.05, 4.69) is 9.97 Å². The number of nitrogens with zero attached hydrogens (tertiary/aromatic N) is 2. The number of nitrogens with two attached hydrogens (primary N) is 1. The largest absolute Gasteiger partial charge is 0.368 e. The molecule has 0 aliphatic rings. The highest BCUT2D eigenvalue weighted by atomic mass is 19.1. The van der Waals surface area contributed by atoms with Crippen LogP contribution in [0.4, 0.5) is 4.39 Å². The van der Waals surface area contributed by atoms with E-state index in [1.165, 1.54) is 24.3 Å². The second-order valence-electron chi connectivity index (χ2n) is 5.80. The van der Waals surface area contributed by atoms with Crippen LogP contribution in [-0.2, 0) is 11.3 Å². The second kappa shape index (κ2) is 6.82. The van der Waals surface area contributed by atoms with E-state index >= 15 is 0 Å². The van der Waals surface area contributed by atoms with Gasteiger partial charge >= 0.3 is 0 Å². The molecule has 0 saturated heterocycles. The molecule has 3 rings (SSSR count). The van der Waals surface area contributed by atoms with Crippen molar-refractivity contribution in [1.82, 2.24) is 14.9 Å². The Morgan fingerprint density at radius 3 is 2.60 bits per heavy atom. The van der Waals surface area contributed by atoms with Gasteiger partial charge in [0.25, 0.3) is 5.56 Å². The molecule has 2 aromatic carbocycles. The average Bonchev–Trinajstić information content (AvgIpc) is 2.56. The summed E-state index contributed by atoms with van der Waals surface area (Å²) >= 11 is 0. The van der Waals surface area contributed by atoms with Gasteiger partial charge in [0.15, 0.2) is 0 Å². The molecule has 1 unspecified atom stereocenters. The van der Waals surface area contributed by atoms with Crippen molar-refractivity contribution >= 4 is 16.8 Å². The van der Waals surface area contributed by atoms with Gasteiger partial charge in [-0.2, -0.15) is 0 Å². The molecule has 25 heavy (non-hydrogen) atoms. The molecule has 0 saturated carbocycles. The molecule has 1 atom stereocenters. The number of primary amides is 1. The number of aromatic nitrogens is 2. The van der Waals surface area contributed by atoms with E-state index in [1.54, 1.807) is 36.2 Å². The van der Waals surface area contributed by atoms with E-state index < -0.39 is 17.8 Å². The summed E-state index contributed by atoms with van der Waals surface area (Å²) in [6.45, 7) is 0.199. The molecule has 0 aliphatic heterocycles. The molecule has 1 amide bonds. The van der Waals surface area contributed by atoms with Crippen molar-refractivity contribution in [2.24, 2.45) is 5.73 Å². The fourth-order valence-corrected chi connectivity index (χ4v) is 2.82. The first-order chi connectivity index (χ1) is 12.0. The zero-order chi connectivity index (χ0) is 18.0. The van der Waals surface area contributed by atoms with Crippen molar-refractivity contribution in [3.8, 4) is 0 Å². The number of aromatic amines is 1. The van der Waals surface area contributed by atoms with Crippen LogP contribution in [0.1, 0.15) is 17.4 Å². The van der Waals surface area contributed by atoms with Crippen LogP contribution in [-0.4, -0.2) is 27.8 Å². The third-order valence-corrected chi connectivity index (χ3v) is 3.96. The minimum absolute atomic E-state index is 0.199. The van der Waals surface area contributed by atoms with Crippen LogP contribution < -0.4 is 11.3 Å². The number of carbonyl (C=O) groups excluding carboxylic acids is 1. The summed E-state index contributed by atoms with van der Waals surface area (Å²) in [6, 6.07) is 11.8. The summed E-state index contributed by atoms with van der Waals surface area (Å²) in [5, 5.41) is 0.499. The standard InChI is InChI=1S/C18H17FN4O2/c1-23(16(17(20)24)11-6-8-12(19)9-7-11)10-15-21-14-5-3-2-4-13(14)18(25)22-15/h2-9,16H,10H2,1H3,(H2,20,24)(H,21,22,25). The molecular weight excluding hydrogens is 323 g/mol. The number of halogens is 1. The number of amides is 1. The first-order valence-electron chi connectivity index (χ1n) is 7.68. The highest BCUT2D eigenvalue weighted by Gasteiger charge is 2.23. The Morgan fingerprint density at radius 2 is 1.92 bits per heavy atom. The summed E-state index contributed by atoms with van der Waals surface area (Å²) in [5.74, 6) is -0.549. The average molecular weight is 340 g/mol. The monoisotopic (exact) mass is 340 g/mol. The third-order valence-electron chi connectivity index (χ3n) is 3.96. The number of benzene rings is 2. The molecule has 1 aromatic heterocycles. The number of rotatable bonds is 5. The van der Waals surface area contributed by atoms with Crippen molar-refractivity contribution in [3.63, 3.8) is 0 Å². The molecular formula is C18H17FN4O2. The quantitative estimate of drug-likeness (QED) is 0.740. The Balaban J connectivity index is 1.91. The number of hydrogen-bond donors (Lipinski definition) is 2. The van der Waals surface area contributed by atoms with E-state index in [4.69, 9.17) is 5.73 Å². The van der Waals surface area contributed by atoms with Crippen LogP contribution in [0.15, 0.2) is 53.3 Å². The summed E-state index contributed by atoms with van der Waals surface area (Å²) in [5.41, 5.74) is 6.42. The lowest BCUT2D eigenvalue weighted by atomic mass is 10.1. The van der Waals surface area contributed by atoms with Crippen LogP contribution in [0.2, 0.25) is 0 Å². The Labute approximate surface area is 143 Å². The van der Waals surface area contributed by atoms with Crippen molar-refractivity contribution in [2.75, 3.05) is 7.05 Å². The smallest absolute Gasteiger partial charge is 0.258 e. The Morgan fingerprint density at radius 1 is 1.24 bits per heavy atom. The topological polar surface area (TPSA) is 92.1 Å². The van der Waals surface area contributed by atoms with E-state index in [0.29, 0.717) is 22.3 Å². The van der Waals surface area contributed by atoms with Gasteiger partial charge < -0.3 is 10.7 Å². The number of hydrogen-bond acceptors (Lipinski definition) is 4. The van der Waals surface area contributed by atoms with Crippen molar-refractivity contribution in [2.45, 2.75) is 12.6 Å². The maximum absolute atomic E-state index is 13.1. The maximum Gasteiger partial charge on any atom is 0.258 e. The zero-order valence-corrected chi connectivity index (χ0v) is 13.6. The minimum Gasteiger partial charge on any atom is -0.368 e. The molecule has 7 heteroatoms. The first kappa shape index (κ1) is 16.8. The summed E-state index contributed by atoms with van der Waals surface area (Å²) < 4.78 is 13.1. The molecule has 0 aliphatic carbocycles. The Kier molecular flexibility index (Phi) is 4.58. The molecule has 0 radical (unpaired) electrons. The number of H-pyrrole nitrogens is 1. The van der Waals surface area contributed by atoms with Crippen LogP contribution in [0.25, 0.3) is 10.9 Å². The lowest BCUT2D eigenvalue weighted by molar-refractivity contribution is -0.123. The SMILES string of the molecule is CN(Cc1nc2ccccc2c(=O)[nH]1)C(C(N)=O)c1ccc(F)cc1. The highest BCUT2D eigenvalue weighted by molar-refractivity contribution is 5.81. The summed E-state index contributed by atoms with van der Waals surface area (Å²) in [7, 11) is 1.69. The first-order valence-corrected chi connectivity index (χ1v) is 7.68. The maximum atomic E-state index is 13.1. The van der Waals surface area contributed by atoms with Gasteiger partial charge in [0.2, 0.25) is 5.91 Å². The number of likely N-dealkylation sites (N-methyl/N-ethyl adjacent to an activating group) is 1. The number of carbonyl (C=O) groups is 1. The molecule has 3 N–H and O–H groups in total. The van der Waals surface area contributed by atoms with Crippen LogP contribution in [0, 0.1) is 5.82 Å². The van der Waals surface area contributed by atoms with Crippen LogP contribution in [0.5, 0.6) is 0 Å². The zero-order valence-electron chi connectivity index (χ0n) is 13.6. The molecule has 0 fully saturated rings. The van der Waals surface area contributed by atoms with E-state index in [0.717, 1.165) is 0 Å². The third kappa shape index (κ3) is 3.56. The molecule has 1 heterocycles. The van der Waals surface area contributed by atoms with Gasteiger partial charge in [0.05, 0.1) is 17.4 Å². The highest BCUT2D eigenvalue weighted by Crippen LogP contribution is 2.21. The lowest BCUT2D eigenvalue weighted by Gasteiger charge is -2.25. The predicted molar refractivity (Wildman–Crippen MR) is 92.2 cm³/mol. The Hall–Kier alpha value is -3.06. The molecule has 0 bridgehead atoms. The van der Waals surface area contributed by atoms with E-state index in [9.17, 15) is 14.0 Å². The minimum atomic E-state index is -0.766. The predicted octanol–water partition coefficient (Wildman–Crippen LogP) is 1.72. The van der Waals surface area contributed by atoms with Crippen molar-refractivity contribution in [3.05, 3.63) is 76.1 Å². The normalized spacial score (nSPS) is 12.4. The number of nitrogens with one attached hydrogen (secondary N) is 1. The van der Waals surface area contributed by atoms with Crippen LogP contribution in [0.3, 0.4) is 0 Å². The molecule has 3 aromatic rings. The summed E-state index contributed by atoms with van der Waals surface area (Å²) in [4.78, 5) is 32.8. The van der Waals surface area contributed by atoms with Gasteiger partial charge in [-0.25, -0.2) is 9.37 Å². The van der Waals surface area contributed by atoms with Gasteiger partial charge in [0, 0.05) is 0 Å². The second-order valence-corrected chi connectivity index (χ2v) is 5.80.